The summed E-state index contributed by atoms with van der Waals surface area (Å²) in [5, 5.41) is 0. The molecule has 16 atom stereocenters. The maximum atomic E-state index is 11.8. The van der Waals surface area contributed by atoms with E-state index in [0.717, 1.165) is 155 Å². The van der Waals surface area contributed by atoms with Gasteiger partial charge in [0.25, 0.3) is 0 Å². The predicted molar refractivity (Wildman–Crippen MR) is 472 cm³/mol. The molecule has 0 aromatic heterocycles. The van der Waals surface area contributed by atoms with Crippen LogP contribution >= 0.6 is 0 Å². The third kappa shape index (κ3) is 47.0. The van der Waals surface area contributed by atoms with Crippen LogP contribution in [0.25, 0.3) is 0 Å². The Morgan fingerprint density at radius 1 is 0.256 bits per heavy atom. The molecule has 12 heterocycles. The van der Waals surface area contributed by atoms with Crippen molar-refractivity contribution in [3.63, 3.8) is 0 Å². The molecule has 16 unspecified atom stereocenters. The molecule has 12 aliphatic rings. The normalized spacial score (nSPS) is 34.7. The smallest absolute Gasteiger partial charge is 0.323 e. The average molecular weight is 1920 g/mol. The topological polar surface area (TPSA) is 352 Å². The van der Waals surface area contributed by atoms with Gasteiger partial charge in [-0.3, -0.25) is 0 Å². The van der Waals surface area contributed by atoms with Crippen molar-refractivity contribution in [1.29, 1.82) is 0 Å². The van der Waals surface area contributed by atoms with Crippen LogP contribution in [0, 0.1) is 0 Å². The largest absolute Gasteiger partial charge is 0.439 e. The third-order valence-electron chi connectivity index (χ3n) is 22.2. The minimum Gasteiger partial charge on any atom is -0.439 e. The summed E-state index contributed by atoms with van der Waals surface area (Å²) in [6.45, 7) is 45.8. The quantitative estimate of drug-likeness (QED) is 0.0337. The van der Waals surface area contributed by atoms with Crippen LogP contribution in [0.5, 0.6) is 0 Å². The van der Waals surface area contributed by atoms with Crippen molar-refractivity contribution in [2.24, 2.45) is 0 Å². The number of ether oxygens (including phenoxy) is 22. The van der Waals surface area contributed by atoms with E-state index in [1.54, 1.807) is 0 Å². The van der Waals surface area contributed by atoms with Gasteiger partial charge in [0.2, 0.25) is 0 Å². The monoisotopic (exact) mass is 1920 g/mol. The van der Waals surface area contributed by atoms with Crippen molar-refractivity contribution in [2.75, 3.05) is 218 Å². The summed E-state index contributed by atoms with van der Waals surface area (Å²) >= 11 is 0. The fourth-order valence-electron chi connectivity index (χ4n) is 15.4. The van der Waals surface area contributed by atoms with Gasteiger partial charge in [-0.1, -0.05) is 0 Å². The molecule has 0 aromatic carbocycles. The molecule has 12 rings (SSSR count). The molecule has 0 radical (unpaired) electrons. The molecule has 33 nitrogen and oxygen atoms in total. The lowest BCUT2D eigenvalue weighted by Crippen LogP contribution is -2.67. The Bertz CT molecular complexity index is 2570. The Balaban J connectivity index is 0.000000240. The predicted octanol–water partition coefficient (Wildman–Crippen LogP) is 9.08. The molecular weight excluding hydrogens is 1760 g/mol. The van der Waals surface area contributed by atoms with Gasteiger partial charge in [0, 0.05) is 72.7 Å². The molecule has 0 saturated carbocycles. The summed E-state index contributed by atoms with van der Waals surface area (Å²) in [7, 11) is -32.2. The summed E-state index contributed by atoms with van der Waals surface area (Å²) < 4.78 is 201. The van der Waals surface area contributed by atoms with Gasteiger partial charge in [0.15, 0.2) is 9.04 Å². The second-order valence-electron chi connectivity index (χ2n) is 36.7. The first-order valence-electron chi connectivity index (χ1n) is 46.0. The van der Waals surface area contributed by atoms with E-state index in [2.05, 4.69) is 65.5 Å². The minimum atomic E-state index is -3.14. The fraction of sp³-hybridized carbons (Fsp3) is 1.00. The molecular formula is C77H156O33Si11. The Morgan fingerprint density at radius 3 is 0.645 bits per heavy atom. The first kappa shape index (κ1) is 103. The van der Waals surface area contributed by atoms with Crippen molar-refractivity contribution in [1.82, 2.24) is 0 Å². The van der Waals surface area contributed by atoms with E-state index in [-0.39, 0.29) is 67.1 Å². The lowest BCUT2D eigenvalue weighted by molar-refractivity contribution is 0.111. The molecule has 0 spiro atoms. The Labute approximate surface area is 734 Å². The van der Waals surface area contributed by atoms with E-state index in [4.69, 9.17) is 145 Å². The third-order valence-corrected chi connectivity index (χ3v) is 70.8. The van der Waals surface area contributed by atoms with E-state index in [0.29, 0.717) is 200 Å². The second-order valence-corrected chi connectivity index (χ2v) is 75.0. The first-order valence-corrected chi connectivity index (χ1v) is 73.7. The zero-order chi connectivity index (χ0) is 85.4. The summed E-state index contributed by atoms with van der Waals surface area (Å²) in [4.78, 5) is 11.8. The van der Waals surface area contributed by atoms with Crippen LogP contribution in [0.15, 0.2) is 0 Å². The van der Waals surface area contributed by atoms with Crippen LogP contribution < -0.4 is 0 Å². The van der Waals surface area contributed by atoms with Gasteiger partial charge in [0.05, 0.1) is 145 Å². The molecule has 0 aliphatic carbocycles. The SMILES string of the molecule is C[SiH](CCCOCC1CO1)O[Si](C)(CCCOCC1CO1)O[Si](C)(CCCOCC1CO1)O[Si](C)(CCCOCC1CO1)O[Si](C)(O)CCCOCC1CO1.C[Si]1(CCCOCC2CO2)O[Si](C)(CCCOCC2CO2)O[Si](C)(CCCOCC2CO2)O[Si](C)(CCCOCC2CO2)O[Si](C)(CCCOCC2CO2)O[Si](C)(CCCOCC2CO2)O1. The maximum absolute atomic E-state index is 11.8. The molecule has 706 valence electrons. The Morgan fingerprint density at radius 2 is 0.430 bits per heavy atom. The fourth-order valence-corrected chi connectivity index (χ4v) is 73.6. The Kier molecular flexibility index (Phi) is 43.7. The zero-order valence-electron chi connectivity index (χ0n) is 75.3. The summed E-state index contributed by atoms with van der Waals surface area (Å²) in [6.07, 6.45) is 11.1. The van der Waals surface area contributed by atoms with Crippen LogP contribution in [0.4, 0.5) is 0 Å². The molecule has 0 amide bonds. The van der Waals surface area contributed by atoms with E-state index >= 15 is 0 Å². The van der Waals surface area contributed by atoms with E-state index in [9.17, 15) is 4.80 Å². The van der Waals surface area contributed by atoms with Crippen molar-refractivity contribution in [2.45, 2.75) is 276 Å². The van der Waals surface area contributed by atoms with E-state index < -0.39 is 94.6 Å². The molecule has 12 aliphatic heterocycles. The molecule has 44 heteroatoms. The van der Waals surface area contributed by atoms with Crippen molar-refractivity contribution >= 4 is 94.6 Å². The molecule has 1 N–H and O–H groups in total. The molecule has 121 heavy (non-hydrogen) atoms. The van der Waals surface area contributed by atoms with Crippen LogP contribution in [0.2, 0.25) is 139 Å². The van der Waals surface area contributed by atoms with Crippen LogP contribution in [0.3, 0.4) is 0 Å². The summed E-state index contributed by atoms with van der Waals surface area (Å²) in [5.41, 5.74) is 0. The van der Waals surface area contributed by atoms with Crippen LogP contribution in [0.1, 0.15) is 70.6 Å². The highest BCUT2D eigenvalue weighted by Crippen LogP contribution is 2.42. The van der Waals surface area contributed by atoms with Crippen molar-refractivity contribution < 1.29 is 150 Å². The van der Waals surface area contributed by atoms with Gasteiger partial charge in [-0.15, -0.1) is 0 Å². The number of hydrogen-bond donors (Lipinski definition) is 1. The van der Waals surface area contributed by atoms with Gasteiger partial charge in [-0.25, -0.2) is 0 Å². The van der Waals surface area contributed by atoms with Crippen molar-refractivity contribution in [3.8, 4) is 0 Å². The number of epoxide rings is 11. The van der Waals surface area contributed by atoms with Crippen LogP contribution in [-0.2, 0) is 145 Å². The molecule has 0 aromatic rings. The van der Waals surface area contributed by atoms with Gasteiger partial charge < -0.3 is 150 Å². The minimum absolute atomic E-state index is 0.200. The van der Waals surface area contributed by atoms with Gasteiger partial charge in [0.1, 0.15) is 67.1 Å². The number of rotatable bonds is 74. The van der Waals surface area contributed by atoms with Gasteiger partial charge >= 0.3 is 85.6 Å². The van der Waals surface area contributed by atoms with Crippen molar-refractivity contribution in [3.05, 3.63) is 0 Å². The molecule has 0 bridgehead atoms. The summed E-state index contributed by atoms with van der Waals surface area (Å²) in [5.74, 6) is 0. The first-order chi connectivity index (χ1) is 58.1. The Hall–Kier alpha value is 1.07. The van der Waals surface area contributed by atoms with Gasteiger partial charge in [-0.05, 0) is 209 Å². The highest BCUT2D eigenvalue weighted by Gasteiger charge is 2.58. The lowest BCUT2D eigenvalue weighted by Gasteiger charge is -2.50. The van der Waals surface area contributed by atoms with E-state index in [1.807, 2.05) is 6.55 Å². The highest BCUT2D eigenvalue weighted by atomic mass is 28.5. The lowest BCUT2D eigenvalue weighted by atomic mass is 10.5. The highest BCUT2D eigenvalue weighted by molar-refractivity contribution is 6.95. The van der Waals surface area contributed by atoms with Crippen LogP contribution in [-0.4, -0.2) is 385 Å². The standard InChI is InChI=1S/C42H84O18Si6.C35H72O15Si5/c1-61(19-7-13-43-25-37-31-49-37)55-62(2,20-8-14-44-26-38-32-50-38)57-64(4,22-10-16-46-28-40-34-52-40)59-66(6,24-12-18-48-30-42-36-54-42)60-65(5,23-11-17-47-29-41-35-53-41)58-63(3,56-61)21-9-15-45-27-39-33-51-39;1-51(16-6-11-37-21-31-26-42-31)47-53(3,18-8-13-39-23-33-28-44-33)49-55(5,20-10-15-41-25-35-30-46-35)50-54(4,19-9-14-40-24-34-29-45-34)48-52(2,36)17-7-12-38-22-32-27-43-32/h37-42H,7-36H2,1-6H3;31-36,51H,6-30H2,1-5H3. The molecule has 12 saturated heterocycles. The van der Waals surface area contributed by atoms with E-state index in [1.165, 1.54) is 0 Å². The number of hydrogen-bond acceptors (Lipinski definition) is 33. The average Bonchev–Trinajstić information content (AvgIpc) is 1.70. The zero-order valence-corrected chi connectivity index (χ0v) is 86.5. The maximum Gasteiger partial charge on any atom is 0.323 e. The second kappa shape index (κ2) is 51.5. The summed E-state index contributed by atoms with van der Waals surface area (Å²) in [6, 6.07) is 8.02. The molecule has 12 fully saturated rings. The van der Waals surface area contributed by atoms with Gasteiger partial charge in [-0.2, -0.15) is 0 Å².